The topological polar surface area (TPSA) is 154 Å². The highest BCUT2D eigenvalue weighted by Crippen LogP contribution is 2.30. The van der Waals surface area contributed by atoms with Crippen LogP contribution in [-0.4, -0.2) is 38.6 Å². The Hall–Kier alpha value is -1.68. The normalized spacial score (nSPS) is 21.5. The number of carbonyl (C=O) groups excluding carboxylic acids is 2. The number of hydrazine groups is 2. The van der Waals surface area contributed by atoms with E-state index in [-0.39, 0.29) is 32.8 Å². The Balaban J connectivity index is 0.000000486. The molecule has 8 nitrogen and oxygen atoms in total. The lowest BCUT2D eigenvalue weighted by Crippen LogP contribution is -2.32. The number of nitrogens with one attached hydrogen (secondary N) is 1. The van der Waals surface area contributed by atoms with Crippen molar-refractivity contribution in [2.75, 3.05) is 13.2 Å². The maximum atomic E-state index is 11.0. The van der Waals surface area contributed by atoms with Crippen molar-refractivity contribution in [3.05, 3.63) is 23.3 Å². The molecule has 0 saturated carbocycles. The molecule has 0 spiro atoms. The van der Waals surface area contributed by atoms with E-state index in [1.54, 1.807) is 0 Å². The number of hydrogen-bond acceptors (Lipinski definition) is 7. The van der Waals surface area contributed by atoms with Crippen LogP contribution in [0.25, 0.3) is 0 Å². The summed E-state index contributed by atoms with van der Waals surface area (Å²) in [4.78, 5) is 21.9. The van der Waals surface area contributed by atoms with Crippen LogP contribution in [0.5, 0.6) is 0 Å². The second-order valence-corrected chi connectivity index (χ2v) is 7.28. The minimum Gasteiger partial charge on any atom is -0.465 e. The first kappa shape index (κ1) is 27.3. The number of ether oxygens (including phenoxy) is 1. The Kier molecular flexibility index (Phi) is 15.2. The third kappa shape index (κ3) is 10.1. The molecule has 1 amide bonds. The quantitative estimate of drug-likeness (QED) is 0.114. The molecule has 163 valence electrons. The van der Waals surface area contributed by atoms with Crippen LogP contribution in [0.2, 0.25) is 0 Å². The molecule has 2 unspecified atom stereocenters. The summed E-state index contributed by atoms with van der Waals surface area (Å²) in [5, 5.41) is 9.16. The second kappa shape index (κ2) is 16.2. The van der Waals surface area contributed by atoms with Gasteiger partial charge in [-0.25, -0.2) is 5.84 Å². The van der Waals surface area contributed by atoms with Crippen LogP contribution in [0.3, 0.4) is 0 Å². The van der Waals surface area contributed by atoms with Crippen molar-refractivity contribution in [1.29, 1.82) is 0 Å². The van der Waals surface area contributed by atoms with Gasteiger partial charge >= 0.3 is 5.97 Å². The maximum absolute atomic E-state index is 11.0. The van der Waals surface area contributed by atoms with Gasteiger partial charge in [0, 0.05) is 26.7 Å². The van der Waals surface area contributed by atoms with Gasteiger partial charge in [-0.1, -0.05) is 23.3 Å². The molecule has 0 aromatic heterocycles. The van der Waals surface area contributed by atoms with E-state index in [1.807, 2.05) is 0 Å². The summed E-state index contributed by atoms with van der Waals surface area (Å²) in [6, 6.07) is 0. The Morgan fingerprint density at radius 2 is 1.83 bits per heavy atom. The number of nitrogens with two attached hydrogens (primary N) is 3. The van der Waals surface area contributed by atoms with Crippen LogP contribution < -0.4 is 23.0 Å². The highest BCUT2D eigenvalue weighted by molar-refractivity contribution is 5.76. The molecular weight excluding hydrogens is 371 g/mol. The Morgan fingerprint density at radius 3 is 2.28 bits per heavy atom. The average molecular weight is 407 g/mol. The minimum absolute atomic E-state index is 0. The summed E-state index contributed by atoms with van der Waals surface area (Å²) >= 11 is 0. The number of hydrogen-bond donors (Lipinski definition) is 5. The number of esters is 1. The lowest BCUT2D eigenvalue weighted by Gasteiger charge is -2.20. The monoisotopic (exact) mass is 407 g/mol. The molecule has 1 heterocycles. The Labute approximate surface area is 175 Å². The van der Waals surface area contributed by atoms with Crippen molar-refractivity contribution in [3.8, 4) is 0 Å². The summed E-state index contributed by atoms with van der Waals surface area (Å²) in [6.45, 7) is 0.657. The zero-order chi connectivity index (χ0) is 20.8. The summed E-state index contributed by atoms with van der Waals surface area (Å²) in [7, 11) is 0. The van der Waals surface area contributed by atoms with Gasteiger partial charge in [0.2, 0.25) is 5.91 Å². The van der Waals surface area contributed by atoms with Crippen molar-refractivity contribution in [1.82, 2.24) is 5.43 Å². The Bertz CT molecular complexity index is 555. The maximum Gasteiger partial charge on any atom is 0.306 e. The molecule has 0 bridgehead atoms. The van der Waals surface area contributed by atoms with Gasteiger partial charge in [0.15, 0.2) is 0 Å². The largest absolute Gasteiger partial charge is 0.465 e. The van der Waals surface area contributed by atoms with Crippen LogP contribution >= 0.6 is 0 Å². The molecule has 1 fully saturated rings. The molecule has 3 radical (unpaired) electrons. The first-order valence-corrected chi connectivity index (χ1v) is 10.1. The van der Waals surface area contributed by atoms with Crippen molar-refractivity contribution >= 4 is 20.3 Å². The lowest BCUT2D eigenvalue weighted by atomic mass is 9.87. The fraction of sp³-hybridized carbons (Fsp3) is 0.700. The number of amides is 1. The van der Waals surface area contributed by atoms with Crippen molar-refractivity contribution in [2.24, 2.45) is 29.4 Å². The highest BCUT2D eigenvalue weighted by atomic mass is 16.5. The number of carbonyl (C=O) groups is 2. The van der Waals surface area contributed by atoms with Gasteiger partial charge in [-0.3, -0.25) is 26.7 Å². The van der Waals surface area contributed by atoms with Crippen LogP contribution in [0, 0.1) is 11.8 Å². The third-order valence-electron chi connectivity index (χ3n) is 5.37. The van der Waals surface area contributed by atoms with Crippen molar-refractivity contribution in [3.63, 3.8) is 0 Å². The van der Waals surface area contributed by atoms with E-state index in [0.29, 0.717) is 25.4 Å². The fourth-order valence-electron chi connectivity index (χ4n) is 3.81. The Morgan fingerprint density at radius 1 is 1.17 bits per heavy atom. The molecule has 0 aromatic carbocycles. The molecule has 1 saturated heterocycles. The SMILES string of the molecule is NN.NNC(=O)CC(CO)C1=CCCCC1.O=C1CC(C2=CCCCC2)CO1.[B]. The summed E-state index contributed by atoms with van der Waals surface area (Å²) in [5.41, 5.74) is 4.77. The van der Waals surface area contributed by atoms with Gasteiger partial charge in [-0.15, -0.1) is 0 Å². The second-order valence-electron chi connectivity index (χ2n) is 7.28. The molecule has 1 aliphatic heterocycles. The number of allylic oxidation sites excluding steroid dienone is 2. The van der Waals surface area contributed by atoms with E-state index in [0.717, 1.165) is 19.3 Å². The number of aliphatic hydroxyl groups is 1. The van der Waals surface area contributed by atoms with E-state index in [1.165, 1.54) is 43.3 Å². The van der Waals surface area contributed by atoms with Crippen molar-refractivity contribution < 1.29 is 19.4 Å². The van der Waals surface area contributed by atoms with E-state index < -0.39 is 0 Å². The highest BCUT2D eigenvalue weighted by Gasteiger charge is 2.27. The van der Waals surface area contributed by atoms with Crippen LogP contribution in [-0.2, 0) is 14.3 Å². The molecular formula is C20H36BN4O4. The number of cyclic esters (lactones) is 1. The van der Waals surface area contributed by atoms with E-state index in [4.69, 9.17) is 15.7 Å². The minimum atomic E-state index is -0.212. The van der Waals surface area contributed by atoms with Crippen LogP contribution in [0.15, 0.2) is 23.3 Å². The standard InChI is InChI=1S/C10H18N2O2.C10H14O2.B.H4N2/c11-12-10(14)6-9(7-13)8-4-2-1-3-5-8;11-10-6-9(7-12-10)8-4-2-1-3-5-8;;1-2/h4,9,13H,1-3,5-7,11H2,(H,12,14);4,9H,1-3,5-7H2;;1-2H2. The van der Waals surface area contributed by atoms with Gasteiger partial charge in [-0.05, 0) is 51.4 Å². The predicted octanol–water partition coefficient (Wildman–Crippen LogP) is 0.963. The number of aliphatic hydroxyl groups excluding tert-OH is 1. The van der Waals surface area contributed by atoms with Gasteiger partial charge < -0.3 is 9.84 Å². The molecule has 29 heavy (non-hydrogen) atoms. The molecule has 8 N–H and O–H groups in total. The van der Waals surface area contributed by atoms with Crippen LogP contribution in [0.1, 0.15) is 64.2 Å². The van der Waals surface area contributed by atoms with E-state index in [2.05, 4.69) is 29.3 Å². The predicted molar refractivity (Wildman–Crippen MR) is 114 cm³/mol. The third-order valence-corrected chi connectivity index (χ3v) is 5.37. The molecule has 3 aliphatic rings. The van der Waals surface area contributed by atoms with Gasteiger partial charge in [0.25, 0.3) is 0 Å². The van der Waals surface area contributed by atoms with Gasteiger partial charge in [-0.2, -0.15) is 0 Å². The summed E-state index contributed by atoms with van der Waals surface area (Å²) in [5.74, 6) is 13.1. The molecule has 0 aromatic rings. The molecule has 2 aliphatic carbocycles. The molecule has 9 heteroatoms. The molecule has 2 atom stereocenters. The number of rotatable bonds is 5. The van der Waals surface area contributed by atoms with Crippen molar-refractivity contribution in [2.45, 2.75) is 64.2 Å². The van der Waals surface area contributed by atoms with Gasteiger partial charge in [0.1, 0.15) is 0 Å². The van der Waals surface area contributed by atoms with Gasteiger partial charge in [0.05, 0.1) is 19.6 Å². The first-order valence-electron chi connectivity index (χ1n) is 10.1. The zero-order valence-corrected chi connectivity index (χ0v) is 17.3. The lowest BCUT2D eigenvalue weighted by molar-refractivity contribution is -0.138. The van der Waals surface area contributed by atoms with E-state index in [9.17, 15) is 9.59 Å². The zero-order valence-electron chi connectivity index (χ0n) is 17.3. The fourth-order valence-corrected chi connectivity index (χ4v) is 3.81. The molecule has 3 rings (SSSR count). The van der Waals surface area contributed by atoms with E-state index >= 15 is 0 Å². The first-order chi connectivity index (χ1) is 13.6. The van der Waals surface area contributed by atoms with Crippen LogP contribution in [0.4, 0.5) is 0 Å². The summed E-state index contributed by atoms with van der Waals surface area (Å²) in [6.07, 6.45) is 14.8. The average Bonchev–Trinajstić information content (AvgIpc) is 3.21. The summed E-state index contributed by atoms with van der Waals surface area (Å²) < 4.78 is 4.94. The smallest absolute Gasteiger partial charge is 0.306 e.